The number of rotatable bonds is 1. The molecule has 0 fully saturated rings. The summed E-state index contributed by atoms with van der Waals surface area (Å²) in [6.45, 7) is 0. The minimum absolute atomic E-state index is 0.0445. The zero-order valence-electron chi connectivity index (χ0n) is 9.53. The third kappa shape index (κ3) is 3.17. The van der Waals surface area contributed by atoms with Gasteiger partial charge in [-0.1, -0.05) is 52.5 Å². The molecule has 0 nitrogen and oxygen atoms in total. The van der Waals surface area contributed by atoms with Gasteiger partial charge in [0.25, 0.3) is 0 Å². The second-order valence-electron chi connectivity index (χ2n) is 3.95. The van der Waals surface area contributed by atoms with E-state index in [0.717, 1.165) is 12.1 Å². The second kappa shape index (κ2) is 5.64. The minimum atomic E-state index is -4.50. The number of benzene rings is 2. The SMILES string of the molecule is FC(F)(F)c1cc(Cl)cc(-c2ccc(Cl)c(Cl)c2Cl)c1. The van der Waals surface area contributed by atoms with Crippen molar-refractivity contribution < 1.29 is 13.2 Å². The Morgan fingerprint density at radius 3 is 2.05 bits per heavy atom. The lowest BCUT2D eigenvalue weighted by Gasteiger charge is -2.12. The van der Waals surface area contributed by atoms with E-state index in [0.29, 0.717) is 5.56 Å². The molecular formula is C13H5Cl4F3. The molecule has 0 spiro atoms. The summed E-state index contributed by atoms with van der Waals surface area (Å²) in [5, 5.41) is 0.337. The first-order valence-electron chi connectivity index (χ1n) is 5.22. The van der Waals surface area contributed by atoms with Crippen LogP contribution in [0.5, 0.6) is 0 Å². The highest BCUT2D eigenvalue weighted by Gasteiger charge is 2.31. The van der Waals surface area contributed by atoms with Crippen LogP contribution >= 0.6 is 46.4 Å². The van der Waals surface area contributed by atoms with Crippen LogP contribution in [0.4, 0.5) is 13.2 Å². The Bertz CT molecular complexity index is 665. The van der Waals surface area contributed by atoms with Crippen LogP contribution in [0.25, 0.3) is 11.1 Å². The summed E-state index contributed by atoms with van der Waals surface area (Å²) < 4.78 is 38.3. The Morgan fingerprint density at radius 1 is 0.800 bits per heavy atom. The molecule has 20 heavy (non-hydrogen) atoms. The van der Waals surface area contributed by atoms with E-state index in [1.165, 1.54) is 18.2 Å². The van der Waals surface area contributed by atoms with Gasteiger partial charge in [-0.25, -0.2) is 0 Å². The van der Waals surface area contributed by atoms with E-state index in [9.17, 15) is 13.2 Å². The molecule has 7 heteroatoms. The van der Waals surface area contributed by atoms with Crippen molar-refractivity contribution in [3.05, 3.63) is 56.0 Å². The highest BCUT2D eigenvalue weighted by Crippen LogP contribution is 2.40. The van der Waals surface area contributed by atoms with Gasteiger partial charge in [-0.15, -0.1) is 0 Å². The van der Waals surface area contributed by atoms with Gasteiger partial charge in [0.2, 0.25) is 0 Å². The van der Waals surface area contributed by atoms with Gasteiger partial charge >= 0.3 is 6.18 Å². The van der Waals surface area contributed by atoms with Gasteiger partial charge in [-0.3, -0.25) is 0 Å². The first-order valence-corrected chi connectivity index (χ1v) is 6.73. The van der Waals surface area contributed by atoms with E-state index < -0.39 is 11.7 Å². The molecule has 0 aliphatic carbocycles. The molecule has 2 aromatic rings. The van der Waals surface area contributed by atoms with Crippen molar-refractivity contribution in [1.29, 1.82) is 0 Å². The molecule has 0 amide bonds. The van der Waals surface area contributed by atoms with E-state index in [4.69, 9.17) is 46.4 Å². The molecule has 2 aromatic carbocycles. The molecule has 0 unspecified atom stereocenters. The van der Waals surface area contributed by atoms with Crippen LogP contribution in [0.3, 0.4) is 0 Å². The van der Waals surface area contributed by atoms with E-state index in [1.54, 1.807) is 0 Å². The molecule has 0 saturated carbocycles. The van der Waals surface area contributed by atoms with Crippen LogP contribution in [0.15, 0.2) is 30.3 Å². The molecule has 2 rings (SSSR count). The fourth-order valence-corrected chi connectivity index (χ4v) is 2.54. The summed E-state index contributed by atoms with van der Waals surface area (Å²) in [6.07, 6.45) is -4.50. The van der Waals surface area contributed by atoms with E-state index in [-0.39, 0.29) is 25.7 Å². The first kappa shape index (κ1) is 15.8. The number of hydrogen-bond acceptors (Lipinski definition) is 0. The summed E-state index contributed by atoms with van der Waals surface area (Å²) in [7, 11) is 0. The molecule has 106 valence electrons. The van der Waals surface area contributed by atoms with Crippen LogP contribution in [-0.2, 0) is 6.18 Å². The summed E-state index contributed by atoms with van der Waals surface area (Å²) in [5.74, 6) is 0. The van der Waals surface area contributed by atoms with Crippen LogP contribution in [0.1, 0.15) is 5.56 Å². The Hall–Kier alpha value is -0.610. The van der Waals surface area contributed by atoms with Gasteiger partial charge in [0, 0.05) is 10.6 Å². The van der Waals surface area contributed by atoms with Crippen LogP contribution < -0.4 is 0 Å². The van der Waals surface area contributed by atoms with Gasteiger partial charge in [0.05, 0.1) is 20.6 Å². The summed E-state index contributed by atoms with van der Waals surface area (Å²) >= 11 is 23.4. The average Bonchev–Trinajstić information content (AvgIpc) is 2.34. The van der Waals surface area contributed by atoms with E-state index in [2.05, 4.69) is 0 Å². The minimum Gasteiger partial charge on any atom is -0.166 e. The predicted molar refractivity (Wildman–Crippen MR) is 76.9 cm³/mol. The largest absolute Gasteiger partial charge is 0.416 e. The molecule has 0 radical (unpaired) electrons. The summed E-state index contributed by atoms with van der Waals surface area (Å²) in [4.78, 5) is 0. The molecular weight excluding hydrogens is 355 g/mol. The van der Waals surface area contributed by atoms with Gasteiger partial charge < -0.3 is 0 Å². The summed E-state index contributed by atoms with van der Waals surface area (Å²) in [5.41, 5.74) is -0.315. The van der Waals surface area contributed by atoms with Crippen LogP contribution in [-0.4, -0.2) is 0 Å². The van der Waals surface area contributed by atoms with Crippen molar-refractivity contribution in [3.8, 4) is 11.1 Å². The third-order valence-electron chi connectivity index (χ3n) is 2.57. The molecule has 0 bridgehead atoms. The number of halogens is 7. The smallest absolute Gasteiger partial charge is 0.166 e. The normalized spacial score (nSPS) is 11.8. The zero-order chi connectivity index (χ0) is 15.1. The van der Waals surface area contributed by atoms with Crippen molar-refractivity contribution in [2.75, 3.05) is 0 Å². The molecule has 0 atom stereocenters. The monoisotopic (exact) mass is 358 g/mol. The molecule has 0 N–H and O–H groups in total. The van der Waals surface area contributed by atoms with Gasteiger partial charge in [-0.2, -0.15) is 13.2 Å². The van der Waals surface area contributed by atoms with Crippen LogP contribution in [0, 0.1) is 0 Å². The maximum absolute atomic E-state index is 12.8. The molecule has 0 aliphatic heterocycles. The Kier molecular flexibility index (Phi) is 4.45. The predicted octanol–water partition coefficient (Wildman–Crippen LogP) is 6.99. The topological polar surface area (TPSA) is 0 Å². The average molecular weight is 360 g/mol. The second-order valence-corrected chi connectivity index (χ2v) is 5.55. The van der Waals surface area contributed by atoms with Crippen molar-refractivity contribution in [1.82, 2.24) is 0 Å². The lowest BCUT2D eigenvalue weighted by Crippen LogP contribution is -2.04. The van der Waals surface area contributed by atoms with E-state index >= 15 is 0 Å². The van der Waals surface area contributed by atoms with Crippen molar-refractivity contribution in [2.45, 2.75) is 6.18 Å². The fourth-order valence-electron chi connectivity index (χ4n) is 1.66. The summed E-state index contributed by atoms with van der Waals surface area (Å²) in [6, 6.07) is 6.12. The fraction of sp³-hybridized carbons (Fsp3) is 0.0769. The molecule has 0 saturated heterocycles. The van der Waals surface area contributed by atoms with Crippen molar-refractivity contribution in [2.24, 2.45) is 0 Å². The standard InChI is InChI=1S/C13H5Cl4F3/c14-8-4-6(3-7(5-8)13(18,19)20)9-1-2-10(15)12(17)11(9)16/h1-5H. The first-order chi connectivity index (χ1) is 9.20. The van der Waals surface area contributed by atoms with E-state index in [1.807, 2.05) is 0 Å². The number of alkyl halides is 3. The Morgan fingerprint density at radius 2 is 1.45 bits per heavy atom. The molecule has 0 aliphatic rings. The maximum atomic E-state index is 12.8. The Labute approximate surface area is 133 Å². The zero-order valence-corrected chi connectivity index (χ0v) is 12.6. The van der Waals surface area contributed by atoms with Gasteiger partial charge in [-0.05, 0) is 29.8 Å². The van der Waals surface area contributed by atoms with Gasteiger partial charge in [0.1, 0.15) is 0 Å². The van der Waals surface area contributed by atoms with Gasteiger partial charge in [0.15, 0.2) is 0 Å². The highest BCUT2D eigenvalue weighted by molar-refractivity contribution is 6.49. The number of hydrogen-bond donors (Lipinski definition) is 0. The van der Waals surface area contributed by atoms with Crippen molar-refractivity contribution in [3.63, 3.8) is 0 Å². The van der Waals surface area contributed by atoms with Crippen molar-refractivity contribution >= 4 is 46.4 Å². The molecule has 0 heterocycles. The quantitative estimate of drug-likeness (QED) is 0.481. The Balaban J connectivity index is 2.65. The third-order valence-corrected chi connectivity index (χ3v) is 4.08. The lowest BCUT2D eigenvalue weighted by molar-refractivity contribution is -0.137. The maximum Gasteiger partial charge on any atom is 0.416 e. The highest BCUT2D eigenvalue weighted by atomic mass is 35.5. The van der Waals surface area contributed by atoms with Crippen LogP contribution in [0.2, 0.25) is 20.1 Å². The molecule has 0 aromatic heterocycles. The lowest BCUT2D eigenvalue weighted by atomic mass is 10.0.